The minimum atomic E-state index is -0.158. The van der Waals surface area contributed by atoms with Crippen LogP contribution in [-0.2, 0) is 0 Å². The zero-order chi connectivity index (χ0) is 13.1. The summed E-state index contributed by atoms with van der Waals surface area (Å²) in [6.07, 6.45) is 2.38. The van der Waals surface area contributed by atoms with E-state index in [9.17, 15) is 4.79 Å². The third-order valence-electron chi connectivity index (χ3n) is 3.10. The number of pyridine rings is 1. The van der Waals surface area contributed by atoms with Crippen LogP contribution in [0.5, 0.6) is 0 Å². The molecule has 0 spiro atoms. The van der Waals surface area contributed by atoms with Crippen LogP contribution in [0, 0.1) is 12.8 Å². The van der Waals surface area contributed by atoms with Crippen LogP contribution in [0.15, 0.2) is 12.3 Å². The van der Waals surface area contributed by atoms with E-state index in [0.717, 1.165) is 12.0 Å². The van der Waals surface area contributed by atoms with Gasteiger partial charge in [-0.25, -0.2) is 9.78 Å². The fraction of sp³-hybridized carbons (Fsp3) is 0.500. The number of aliphatic hydroxyl groups excluding tert-OH is 1. The van der Waals surface area contributed by atoms with Crippen LogP contribution in [-0.4, -0.2) is 40.7 Å². The van der Waals surface area contributed by atoms with Gasteiger partial charge in [0.1, 0.15) is 5.15 Å². The molecule has 6 heteroatoms. The highest BCUT2D eigenvalue weighted by atomic mass is 35.5. The Morgan fingerprint density at radius 3 is 3.11 bits per heavy atom. The van der Waals surface area contributed by atoms with Crippen LogP contribution < -0.4 is 5.32 Å². The Bertz CT molecular complexity index is 453. The van der Waals surface area contributed by atoms with E-state index in [1.165, 1.54) is 6.20 Å². The molecule has 1 saturated heterocycles. The minimum absolute atomic E-state index is 0.130. The average molecular weight is 270 g/mol. The van der Waals surface area contributed by atoms with Crippen LogP contribution in [0.2, 0.25) is 5.15 Å². The van der Waals surface area contributed by atoms with Crippen molar-refractivity contribution in [1.82, 2.24) is 9.88 Å². The Morgan fingerprint density at radius 1 is 1.72 bits per heavy atom. The summed E-state index contributed by atoms with van der Waals surface area (Å²) in [6, 6.07) is 1.63. The molecular weight excluding hydrogens is 254 g/mol. The third kappa shape index (κ3) is 2.91. The molecule has 2 rings (SSSR count). The lowest BCUT2D eigenvalue weighted by molar-refractivity contribution is 0.209. The van der Waals surface area contributed by atoms with Crippen molar-refractivity contribution in [2.75, 3.05) is 25.0 Å². The Kier molecular flexibility index (Phi) is 4.04. The molecule has 2 heterocycles. The van der Waals surface area contributed by atoms with Crippen molar-refractivity contribution in [2.45, 2.75) is 13.3 Å². The molecule has 0 bridgehead atoms. The fourth-order valence-corrected chi connectivity index (χ4v) is 2.10. The first kappa shape index (κ1) is 13.1. The molecule has 1 aromatic rings. The van der Waals surface area contributed by atoms with Gasteiger partial charge >= 0.3 is 6.03 Å². The molecular formula is C12H16ClN3O2. The predicted molar refractivity (Wildman–Crippen MR) is 69.8 cm³/mol. The molecule has 2 amide bonds. The van der Waals surface area contributed by atoms with E-state index in [1.54, 1.807) is 11.0 Å². The molecule has 18 heavy (non-hydrogen) atoms. The normalized spacial score (nSPS) is 19.1. The average Bonchev–Trinajstić information content (AvgIpc) is 2.82. The highest BCUT2D eigenvalue weighted by Gasteiger charge is 2.25. The maximum Gasteiger partial charge on any atom is 0.321 e. The number of anilines is 1. The number of nitrogens with zero attached hydrogens (tertiary/aromatic N) is 2. The lowest BCUT2D eigenvalue weighted by Gasteiger charge is -2.17. The second-order valence-corrected chi connectivity index (χ2v) is 4.90. The van der Waals surface area contributed by atoms with Gasteiger partial charge in [0.2, 0.25) is 0 Å². The largest absolute Gasteiger partial charge is 0.396 e. The van der Waals surface area contributed by atoms with Gasteiger partial charge in [-0.1, -0.05) is 11.6 Å². The van der Waals surface area contributed by atoms with Gasteiger partial charge < -0.3 is 15.3 Å². The van der Waals surface area contributed by atoms with E-state index in [0.29, 0.717) is 23.9 Å². The molecule has 2 N–H and O–H groups in total. The standard InChI is InChI=1S/C12H16ClN3O2/c1-8-4-10(5-14-11(8)13)15-12(18)16-3-2-9(6-16)7-17/h4-5,9,17H,2-3,6-7H2,1H3,(H,15,18). The molecule has 5 nitrogen and oxygen atoms in total. The van der Waals surface area contributed by atoms with Crippen LogP contribution in [0.25, 0.3) is 0 Å². The third-order valence-corrected chi connectivity index (χ3v) is 3.49. The van der Waals surface area contributed by atoms with Crippen molar-refractivity contribution in [3.05, 3.63) is 23.0 Å². The van der Waals surface area contributed by atoms with Gasteiger partial charge in [-0.15, -0.1) is 0 Å². The second kappa shape index (κ2) is 5.54. The van der Waals surface area contributed by atoms with E-state index < -0.39 is 0 Å². The van der Waals surface area contributed by atoms with E-state index in [4.69, 9.17) is 16.7 Å². The summed E-state index contributed by atoms with van der Waals surface area (Å²) in [7, 11) is 0. The molecule has 1 atom stereocenters. The summed E-state index contributed by atoms with van der Waals surface area (Å²) in [5, 5.41) is 12.3. The van der Waals surface area contributed by atoms with Gasteiger partial charge in [-0.05, 0) is 25.0 Å². The molecule has 98 valence electrons. The molecule has 0 saturated carbocycles. The summed E-state index contributed by atoms with van der Waals surface area (Å²) in [4.78, 5) is 17.6. The van der Waals surface area contributed by atoms with Gasteiger partial charge in [0.25, 0.3) is 0 Å². The molecule has 1 fully saturated rings. The van der Waals surface area contributed by atoms with Crippen molar-refractivity contribution in [3.8, 4) is 0 Å². The minimum Gasteiger partial charge on any atom is -0.396 e. The van der Waals surface area contributed by atoms with Gasteiger partial charge in [-0.2, -0.15) is 0 Å². The quantitative estimate of drug-likeness (QED) is 0.806. The molecule has 1 aliphatic rings. The SMILES string of the molecule is Cc1cc(NC(=O)N2CCC(CO)C2)cnc1Cl. The number of aromatic nitrogens is 1. The molecule has 0 aromatic carbocycles. The first-order valence-corrected chi connectivity index (χ1v) is 6.27. The summed E-state index contributed by atoms with van der Waals surface area (Å²) in [6.45, 7) is 3.24. The topological polar surface area (TPSA) is 65.5 Å². The van der Waals surface area contributed by atoms with Crippen LogP contribution >= 0.6 is 11.6 Å². The van der Waals surface area contributed by atoms with Gasteiger partial charge in [0.05, 0.1) is 11.9 Å². The number of aryl methyl sites for hydroxylation is 1. The number of urea groups is 1. The van der Waals surface area contributed by atoms with Crippen LogP contribution in [0.3, 0.4) is 0 Å². The highest BCUT2D eigenvalue weighted by Crippen LogP contribution is 2.19. The Balaban J connectivity index is 1.97. The zero-order valence-electron chi connectivity index (χ0n) is 10.2. The van der Waals surface area contributed by atoms with Crippen LogP contribution in [0.1, 0.15) is 12.0 Å². The number of nitrogens with one attached hydrogen (secondary N) is 1. The molecule has 0 radical (unpaired) electrons. The molecule has 0 aliphatic carbocycles. The maximum atomic E-state index is 11.9. The summed E-state index contributed by atoms with van der Waals surface area (Å²) in [5.74, 6) is 0.195. The first-order chi connectivity index (χ1) is 8.60. The monoisotopic (exact) mass is 269 g/mol. The summed E-state index contributed by atoms with van der Waals surface area (Å²) < 4.78 is 0. The van der Waals surface area contributed by atoms with E-state index >= 15 is 0 Å². The number of carbonyl (C=O) groups is 1. The molecule has 1 aliphatic heterocycles. The Hall–Kier alpha value is -1.33. The van der Waals surface area contributed by atoms with Gasteiger partial charge in [0.15, 0.2) is 0 Å². The number of aliphatic hydroxyl groups is 1. The number of rotatable bonds is 2. The van der Waals surface area contributed by atoms with Gasteiger partial charge in [0, 0.05) is 25.6 Å². The molecule has 1 aromatic heterocycles. The lowest BCUT2D eigenvalue weighted by Crippen LogP contribution is -2.33. The smallest absolute Gasteiger partial charge is 0.321 e. The fourth-order valence-electron chi connectivity index (χ4n) is 2.00. The Labute approximate surface area is 111 Å². The van der Waals surface area contributed by atoms with Crippen molar-refractivity contribution < 1.29 is 9.90 Å². The zero-order valence-corrected chi connectivity index (χ0v) is 10.9. The maximum absolute atomic E-state index is 11.9. The second-order valence-electron chi connectivity index (χ2n) is 4.55. The number of carbonyl (C=O) groups excluding carboxylic acids is 1. The first-order valence-electron chi connectivity index (χ1n) is 5.89. The lowest BCUT2D eigenvalue weighted by atomic mass is 10.1. The summed E-state index contributed by atoms with van der Waals surface area (Å²) >= 11 is 5.82. The number of halogens is 1. The summed E-state index contributed by atoms with van der Waals surface area (Å²) in [5.41, 5.74) is 1.46. The van der Waals surface area contributed by atoms with Crippen molar-refractivity contribution in [2.24, 2.45) is 5.92 Å². The number of hydrogen-bond donors (Lipinski definition) is 2. The van der Waals surface area contributed by atoms with Crippen molar-refractivity contribution in [3.63, 3.8) is 0 Å². The van der Waals surface area contributed by atoms with Gasteiger partial charge in [-0.3, -0.25) is 0 Å². The van der Waals surface area contributed by atoms with Crippen LogP contribution in [0.4, 0.5) is 10.5 Å². The van der Waals surface area contributed by atoms with Crippen molar-refractivity contribution >= 4 is 23.3 Å². The van der Waals surface area contributed by atoms with E-state index in [1.807, 2.05) is 6.92 Å². The van der Waals surface area contributed by atoms with E-state index in [2.05, 4.69) is 10.3 Å². The van der Waals surface area contributed by atoms with Crippen molar-refractivity contribution in [1.29, 1.82) is 0 Å². The Morgan fingerprint density at radius 2 is 2.50 bits per heavy atom. The predicted octanol–water partition coefficient (Wildman–Crippen LogP) is 1.89. The number of likely N-dealkylation sites (tertiary alicyclic amines) is 1. The van der Waals surface area contributed by atoms with E-state index in [-0.39, 0.29) is 18.6 Å². The number of amides is 2. The highest BCUT2D eigenvalue weighted by molar-refractivity contribution is 6.30. The molecule has 1 unspecified atom stereocenters. The number of hydrogen-bond acceptors (Lipinski definition) is 3.